The normalized spacial score (nSPS) is 19.1. The number of hydrogen-bond acceptors (Lipinski definition) is 7. The summed E-state index contributed by atoms with van der Waals surface area (Å²) in [7, 11) is 0. The minimum atomic E-state index is -0.339. The van der Waals surface area contributed by atoms with Crippen molar-refractivity contribution >= 4 is 0 Å². The highest BCUT2D eigenvalue weighted by Gasteiger charge is 2.29. The van der Waals surface area contributed by atoms with E-state index in [2.05, 4.69) is 41.0 Å². The highest BCUT2D eigenvalue weighted by Crippen LogP contribution is 2.33. The van der Waals surface area contributed by atoms with Gasteiger partial charge in [-0.1, -0.05) is 30.9 Å². The standard InChI is InChI=1S/C20H24N4O4/c1-20(2)12-26-18(27-13-20)11-24-10-16(22-23-24)19-17(28-15-5-6-15)8-14(9-21-19)4-3-7-25/h8-10,15,18,25H,5-7,11-13H2,1-2H3. The zero-order valence-electron chi connectivity index (χ0n) is 16.1. The van der Waals surface area contributed by atoms with Gasteiger partial charge in [0, 0.05) is 17.2 Å². The minimum Gasteiger partial charge on any atom is -0.488 e. The molecule has 1 aliphatic heterocycles. The van der Waals surface area contributed by atoms with E-state index < -0.39 is 0 Å². The number of aromatic nitrogens is 4. The number of nitrogens with zero attached hydrogens (tertiary/aromatic N) is 4. The highest BCUT2D eigenvalue weighted by atomic mass is 16.7. The first-order valence-corrected chi connectivity index (χ1v) is 9.42. The molecule has 28 heavy (non-hydrogen) atoms. The second kappa shape index (κ2) is 7.87. The summed E-state index contributed by atoms with van der Waals surface area (Å²) in [6, 6.07) is 1.83. The van der Waals surface area contributed by atoms with E-state index in [9.17, 15) is 0 Å². The van der Waals surface area contributed by atoms with Gasteiger partial charge in [-0.2, -0.15) is 0 Å². The first-order valence-electron chi connectivity index (χ1n) is 9.42. The van der Waals surface area contributed by atoms with E-state index in [0.29, 0.717) is 42.5 Å². The zero-order valence-corrected chi connectivity index (χ0v) is 16.1. The zero-order chi connectivity index (χ0) is 19.6. The summed E-state index contributed by atoms with van der Waals surface area (Å²) in [6.07, 6.45) is 5.40. The van der Waals surface area contributed by atoms with Crippen LogP contribution >= 0.6 is 0 Å². The van der Waals surface area contributed by atoms with Crippen molar-refractivity contribution in [2.75, 3.05) is 19.8 Å². The van der Waals surface area contributed by atoms with E-state index in [0.717, 1.165) is 12.8 Å². The quantitative estimate of drug-likeness (QED) is 0.783. The Bertz CT molecular complexity index is 885. The third-order valence-corrected chi connectivity index (χ3v) is 4.42. The van der Waals surface area contributed by atoms with Crippen molar-refractivity contribution in [3.63, 3.8) is 0 Å². The van der Waals surface area contributed by atoms with E-state index in [-0.39, 0.29) is 24.4 Å². The molecule has 8 heteroatoms. The van der Waals surface area contributed by atoms with Crippen LogP contribution in [-0.4, -0.2) is 57.3 Å². The number of rotatable bonds is 5. The Morgan fingerprint density at radius 1 is 1.32 bits per heavy atom. The largest absolute Gasteiger partial charge is 0.488 e. The van der Waals surface area contributed by atoms with Crippen LogP contribution in [0.5, 0.6) is 5.75 Å². The van der Waals surface area contributed by atoms with Crippen LogP contribution in [0.4, 0.5) is 0 Å². The van der Waals surface area contributed by atoms with Crippen molar-refractivity contribution in [2.24, 2.45) is 5.41 Å². The summed E-state index contributed by atoms with van der Waals surface area (Å²) in [6.45, 7) is 5.78. The average Bonchev–Trinajstić information content (AvgIpc) is 3.37. The van der Waals surface area contributed by atoms with Gasteiger partial charge in [-0.25, -0.2) is 9.67 Å². The third kappa shape index (κ3) is 4.68. The Kier molecular flexibility index (Phi) is 5.31. The molecule has 0 unspecified atom stereocenters. The Morgan fingerprint density at radius 3 is 2.82 bits per heavy atom. The first kappa shape index (κ1) is 18.9. The second-order valence-corrected chi connectivity index (χ2v) is 7.89. The maximum absolute atomic E-state index is 8.88. The monoisotopic (exact) mass is 384 g/mol. The van der Waals surface area contributed by atoms with Gasteiger partial charge in [0.1, 0.15) is 23.7 Å². The van der Waals surface area contributed by atoms with Gasteiger partial charge in [0.25, 0.3) is 0 Å². The van der Waals surface area contributed by atoms with Crippen LogP contribution in [0.15, 0.2) is 18.5 Å². The molecule has 3 heterocycles. The molecule has 0 radical (unpaired) electrons. The Hall–Kier alpha value is -2.47. The molecule has 1 N–H and O–H groups in total. The molecule has 4 rings (SSSR count). The lowest BCUT2D eigenvalue weighted by atomic mass is 9.96. The molecule has 0 spiro atoms. The Morgan fingerprint density at radius 2 is 2.11 bits per heavy atom. The maximum atomic E-state index is 8.88. The van der Waals surface area contributed by atoms with Crippen molar-refractivity contribution < 1.29 is 19.3 Å². The minimum absolute atomic E-state index is 0.0314. The van der Waals surface area contributed by atoms with E-state index in [4.69, 9.17) is 19.3 Å². The molecule has 148 valence electrons. The van der Waals surface area contributed by atoms with Crippen LogP contribution in [0, 0.1) is 17.3 Å². The molecule has 1 aliphatic carbocycles. The summed E-state index contributed by atoms with van der Waals surface area (Å²) in [5, 5.41) is 17.3. The highest BCUT2D eigenvalue weighted by molar-refractivity contribution is 5.63. The summed E-state index contributed by atoms with van der Waals surface area (Å²) in [5.74, 6) is 6.11. The van der Waals surface area contributed by atoms with E-state index >= 15 is 0 Å². The molecule has 1 saturated heterocycles. The Balaban J connectivity index is 1.51. The van der Waals surface area contributed by atoms with Gasteiger partial charge in [-0.05, 0) is 18.9 Å². The van der Waals surface area contributed by atoms with Crippen molar-refractivity contribution in [1.82, 2.24) is 20.0 Å². The van der Waals surface area contributed by atoms with Crippen molar-refractivity contribution in [2.45, 2.75) is 45.6 Å². The van der Waals surface area contributed by atoms with Crippen LogP contribution in [0.3, 0.4) is 0 Å². The molecule has 0 amide bonds. The summed E-state index contributed by atoms with van der Waals surface area (Å²) in [5.41, 5.74) is 1.96. The predicted molar refractivity (Wildman–Crippen MR) is 100 cm³/mol. The Labute approximate surface area is 163 Å². The lowest BCUT2D eigenvalue weighted by Gasteiger charge is -2.34. The van der Waals surface area contributed by atoms with Gasteiger partial charge in [0.15, 0.2) is 6.29 Å². The number of pyridine rings is 1. The topological polar surface area (TPSA) is 91.5 Å². The molecule has 8 nitrogen and oxygen atoms in total. The molecule has 1 saturated carbocycles. The summed E-state index contributed by atoms with van der Waals surface area (Å²) >= 11 is 0. The van der Waals surface area contributed by atoms with E-state index in [1.807, 2.05) is 12.3 Å². The van der Waals surface area contributed by atoms with Gasteiger partial charge in [0.2, 0.25) is 0 Å². The van der Waals surface area contributed by atoms with Crippen LogP contribution in [0.25, 0.3) is 11.4 Å². The van der Waals surface area contributed by atoms with Gasteiger partial charge in [-0.15, -0.1) is 5.10 Å². The SMILES string of the molecule is CC1(C)COC(Cn2cc(-c3ncc(C#CCO)cc3OC3CC3)nn2)OC1. The van der Waals surface area contributed by atoms with Gasteiger partial charge in [-0.3, -0.25) is 0 Å². The average molecular weight is 384 g/mol. The number of ether oxygens (including phenoxy) is 3. The van der Waals surface area contributed by atoms with Crippen LogP contribution in [-0.2, 0) is 16.0 Å². The first-order chi connectivity index (χ1) is 13.5. The molecule has 0 aromatic carbocycles. The molecule has 0 bridgehead atoms. The molecule has 2 aliphatic rings. The van der Waals surface area contributed by atoms with E-state index in [1.165, 1.54) is 0 Å². The molecular weight excluding hydrogens is 360 g/mol. The number of aliphatic hydroxyl groups is 1. The number of aliphatic hydroxyl groups excluding tert-OH is 1. The molecule has 0 atom stereocenters. The van der Waals surface area contributed by atoms with Gasteiger partial charge < -0.3 is 19.3 Å². The van der Waals surface area contributed by atoms with Gasteiger partial charge >= 0.3 is 0 Å². The van der Waals surface area contributed by atoms with Crippen LogP contribution in [0.1, 0.15) is 32.3 Å². The molecule has 2 aromatic rings. The molecule has 2 fully saturated rings. The molecule has 2 aromatic heterocycles. The van der Waals surface area contributed by atoms with E-state index in [1.54, 1.807) is 10.9 Å². The van der Waals surface area contributed by atoms with Crippen molar-refractivity contribution in [3.8, 4) is 29.0 Å². The van der Waals surface area contributed by atoms with Crippen molar-refractivity contribution in [1.29, 1.82) is 0 Å². The van der Waals surface area contributed by atoms with Gasteiger partial charge in [0.05, 0.1) is 32.1 Å². The predicted octanol–water partition coefficient (Wildman–Crippen LogP) is 1.62. The third-order valence-electron chi connectivity index (χ3n) is 4.42. The smallest absolute Gasteiger partial charge is 0.177 e. The second-order valence-electron chi connectivity index (χ2n) is 7.89. The number of hydrogen-bond donors (Lipinski definition) is 1. The molecular formula is C20H24N4O4. The van der Waals surface area contributed by atoms with Crippen LogP contribution < -0.4 is 4.74 Å². The lowest BCUT2D eigenvalue weighted by molar-refractivity contribution is -0.227. The lowest BCUT2D eigenvalue weighted by Crippen LogP contribution is -2.39. The van der Waals surface area contributed by atoms with Crippen molar-refractivity contribution in [3.05, 3.63) is 24.0 Å². The summed E-state index contributed by atoms with van der Waals surface area (Å²) < 4.78 is 19.2. The fourth-order valence-electron chi connectivity index (χ4n) is 2.78. The fourth-order valence-corrected chi connectivity index (χ4v) is 2.78. The van der Waals surface area contributed by atoms with Crippen LogP contribution in [0.2, 0.25) is 0 Å². The maximum Gasteiger partial charge on any atom is 0.177 e. The fraction of sp³-hybridized carbons (Fsp3) is 0.550. The summed E-state index contributed by atoms with van der Waals surface area (Å²) in [4.78, 5) is 4.47.